The van der Waals surface area contributed by atoms with Crippen molar-refractivity contribution < 1.29 is 17.5 Å². The summed E-state index contributed by atoms with van der Waals surface area (Å²) in [5.41, 5.74) is 5.70. The molecule has 122 valence electrons. The summed E-state index contributed by atoms with van der Waals surface area (Å²) in [4.78, 5) is 0.136. The van der Waals surface area contributed by atoms with Gasteiger partial charge >= 0.3 is 0 Å². The molecule has 0 saturated heterocycles. The van der Waals surface area contributed by atoms with Crippen molar-refractivity contribution in [2.45, 2.75) is 25.0 Å². The van der Waals surface area contributed by atoms with Gasteiger partial charge in [-0.2, -0.15) is 0 Å². The molecule has 3 atom stereocenters. The second-order valence-electron chi connectivity index (χ2n) is 5.44. The maximum absolute atomic E-state index is 13.1. The second-order valence-corrected chi connectivity index (χ2v) is 8.29. The highest BCUT2D eigenvalue weighted by molar-refractivity contribution is 7.92. The lowest BCUT2D eigenvalue weighted by atomic mass is 10.00. The minimum absolute atomic E-state index is 0.00580. The predicted octanol–water partition coefficient (Wildman–Crippen LogP) is 2.04. The highest BCUT2D eigenvalue weighted by Crippen LogP contribution is 2.63. The SMILES string of the molecule is CCOC[C@]1(C(N)=S)[C@H](c2ccc(F)cc2)[C@H]1S(=O)(=O)CC. The van der Waals surface area contributed by atoms with Crippen molar-refractivity contribution in [3.8, 4) is 0 Å². The Morgan fingerprint density at radius 3 is 2.41 bits per heavy atom. The van der Waals surface area contributed by atoms with Crippen molar-refractivity contribution >= 4 is 27.0 Å². The van der Waals surface area contributed by atoms with Gasteiger partial charge in [-0.25, -0.2) is 12.8 Å². The molecular formula is C15H20FNO3S2. The number of nitrogens with two attached hydrogens (primary N) is 1. The molecule has 0 spiro atoms. The molecule has 0 heterocycles. The molecule has 1 saturated carbocycles. The molecule has 0 amide bonds. The first-order chi connectivity index (χ1) is 10.3. The largest absolute Gasteiger partial charge is 0.393 e. The van der Waals surface area contributed by atoms with Crippen LogP contribution in [0, 0.1) is 11.2 Å². The zero-order chi connectivity index (χ0) is 16.5. The van der Waals surface area contributed by atoms with Gasteiger partial charge in [-0.3, -0.25) is 0 Å². The van der Waals surface area contributed by atoms with E-state index in [0.717, 1.165) is 5.56 Å². The van der Waals surface area contributed by atoms with E-state index in [1.165, 1.54) is 12.1 Å². The number of sulfone groups is 1. The van der Waals surface area contributed by atoms with Gasteiger partial charge in [0, 0.05) is 18.3 Å². The van der Waals surface area contributed by atoms with Crippen molar-refractivity contribution in [2.24, 2.45) is 11.1 Å². The van der Waals surface area contributed by atoms with Gasteiger partial charge in [-0.05, 0) is 24.6 Å². The first kappa shape index (κ1) is 17.3. The molecule has 0 aliphatic heterocycles. The van der Waals surface area contributed by atoms with Gasteiger partial charge in [0.2, 0.25) is 0 Å². The fourth-order valence-corrected chi connectivity index (χ4v) is 5.53. The molecule has 0 radical (unpaired) electrons. The minimum Gasteiger partial charge on any atom is -0.393 e. The summed E-state index contributed by atoms with van der Waals surface area (Å²) in [5.74, 6) is -0.751. The molecule has 1 aliphatic carbocycles. The number of benzene rings is 1. The number of thiocarbonyl (C=S) groups is 1. The average Bonchev–Trinajstić information content (AvgIpc) is 3.17. The molecule has 2 N–H and O–H groups in total. The van der Waals surface area contributed by atoms with Crippen LogP contribution in [0.25, 0.3) is 0 Å². The summed E-state index contributed by atoms with van der Waals surface area (Å²) in [6.45, 7) is 4.02. The van der Waals surface area contributed by atoms with Crippen LogP contribution in [0.3, 0.4) is 0 Å². The fourth-order valence-electron chi connectivity index (χ4n) is 3.06. The van der Waals surface area contributed by atoms with Crippen molar-refractivity contribution in [3.63, 3.8) is 0 Å². The summed E-state index contributed by atoms with van der Waals surface area (Å²) in [6, 6.07) is 5.80. The van der Waals surface area contributed by atoms with Crippen molar-refractivity contribution in [2.75, 3.05) is 19.0 Å². The van der Waals surface area contributed by atoms with Crippen molar-refractivity contribution in [1.82, 2.24) is 0 Å². The normalized spacial score (nSPS) is 27.6. The van der Waals surface area contributed by atoms with Gasteiger partial charge in [0.05, 0.1) is 22.3 Å². The van der Waals surface area contributed by atoms with E-state index in [1.54, 1.807) is 19.1 Å². The standard InChI is InChI=1S/C15H20FNO3S2/c1-3-20-9-15(14(17)21)12(13(15)22(18,19)4-2)10-5-7-11(16)8-6-10/h5-8,12-13H,3-4,9H2,1-2H3,(H2,17,21)/t12-,13-,15+/m1/s1. The van der Waals surface area contributed by atoms with E-state index in [0.29, 0.717) is 6.61 Å². The van der Waals surface area contributed by atoms with Gasteiger partial charge in [0.1, 0.15) is 5.82 Å². The van der Waals surface area contributed by atoms with Crippen LogP contribution in [0.15, 0.2) is 24.3 Å². The molecule has 22 heavy (non-hydrogen) atoms. The van der Waals surface area contributed by atoms with E-state index in [4.69, 9.17) is 22.7 Å². The van der Waals surface area contributed by atoms with Gasteiger partial charge < -0.3 is 10.5 Å². The summed E-state index contributed by atoms with van der Waals surface area (Å²) < 4.78 is 43.5. The third-order valence-corrected chi connectivity index (χ3v) is 6.93. The third kappa shape index (κ3) is 2.77. The molecule has 1 aromatic rings. The molecule has 0 unspecified atom stereocenters. The van der Waals surface area contributed by atoms with Gasteiger partial charge in [0.15, 0.2) is 9.84 Å². The minimum atomic E-state index is -3.36. The Morgan fingerprint density at radius 2 is 1.95 bits per heavy atom. The highest BCUT2D eigenvalue weighted by atomic mass is 32.2. The van der Waals surface area contributed by atoms with Crippen LogP contribution in [-0.4, -0.2) is 37.6 Å². The lowest BCUT2D eigenvalue weighted by Gasteiger charge is -2.16. The van der Waals surface area contributed by atoms with Crippen LogP contribution in [0.4, 0.5) is 4.39 Å². The number of ether oxygens (including phenoxy) is 1. The van der Waals surface area contributed by atoms with Gasteiger partial charge in [0.25, 0.3) is 0 Å². The van der Waals surface area contributed by atoms with Crippen LogP contribution in [0.5, 0.6) is 0 Å². The Morgan fingerprint density at radius 1 is 1.36 bits per heavy atom. The highest BCUT2D eigenvalue weighted by Gasteiger charge is 2.72. The van der Waals surface area contributed by atoms with Crippen LogP contribution in [-0.2, 0) is 14.6 Å². The quantitative estimate of drug-likeness (QED) is 0.766. The zero-order valence-corrected chi connectivity index (χ0v) is 14.2. The van der Waals surface area contributed by atoms with Crippen LogP contribution in [0.2, 0.25) is 0 Å². The lowest BCUT2D eigenvalue weighted by Crippen LogP contribution is -2.34. The van der Waals surface area contributed by atoms with Crippen LogP contribution < -0.4 is 5.73 Å². The maximum Gasteiger partial charge on any atom is 0.154 e. The smallest absolute Gasteiger partial charge is 0.154 e. The topological polar surface area (TPSA) is 69.4 Å². The Bertz CT molecular complexity index is 660. The van der Waals surface area contributed by atoms with Gasteiger partial charge in [-0.15, -0.1) is 0 Å². The first-order valence-electron chi connectivity index (χ1n) is 7.16. The molecule has 4 nitrogen and oxygen atoms in total. The summed E-state index contributed by atoms with van der Waals surface area (Å²) in [7, 11) is -3.36. The lowest BCUT2D eigenvalue weighted by molar-refractivity contribution is 0.121. The third-order valence-electron chi connectivity index (χ3n) is 4.28. The van der Waals surface area contributed by atoms with E-state index in [-0.39, 0.29) is 29.1 Å². The zero-order valence-electron chi connectivity index (χ0n) is 12.6. The Balaban J connectivity index is 2.48. The van der Waals surface area contributed by atoms with Gasteiger partial charge in [-0.1, -0.05) is 31.3 Å². The van der Waals surface area contributed by atoms with Crippen LogP contribution >= 0.6 is 12.2 Å². The number of hydrogen-bond acceptors (Lipinski definition) is 4. The number of rotatable bonds is 7. The molecular weight excluding hydrogens is 325 g/mol. The second kappa shape index (κ2) is 6.22. The van der Waals surface area contributed by atoms with E-state index < -0.39 is 20.5 Å². The maximum atomic E-state index is 13.1. The Kier molecular flexibility index (Phi) is 4.89. The molecule has 7 heteroatoms. The molecule has 1 fully saturated rings. The summed E-state index contributed by atoms with van der Waals surface area (Å²) >= 11 is 5.16. The summed E-state index contributed by atoms with van der Waals surface area (Å²) in [5, 5.41) is -0.709. The van der Waals surface area contributed by atoms with Crippen molar-refractivity contribution in [3.05, 3.63) is 35.6 Å². The summed E-state index contributed by atoms with van der Waals surface area (Å²) in [6.07, 6.45) is 0. The molecule has 1 aliphatic rings. The predicted molar refractivity (Wildman–Crippen MR) is 88.1 cm³/mol. The number of halogens is 1. The Labute approximate surface area is 135 Å². The fraction of sp³-hybridized carbons (Fsp3) is 0.533. The molecule has 0 aromatic heterocycles. The molecule has 2 rings (SSSR count). The first-order valence-corrected chi connectivity index (χ1v) is 9.28. The molecule has 0 bridgehead atoms. The number of hydrogen-bond donors (Lipinski definition) is 1. The average molecular weight is 345 g/mol. The molecule has 1 aromatic carbocycles. The van der Waals surface area contributed by atoms with E-state index in [2.05, 4.69) is 0 Å². The van der Waals surface area contributed by atoms with Crippen molar-refractivity contribution in [1.29, 1.82) is 0 Å². The monoisotopic (exact) mass is 345 g/mol. The van der Waals surface area contributed by atoms with E-state index >= 15 is 0 Å². The Hall–Kier alpha value is -1.05. The van der Waals surface area contributed by atoms with E-state index in [9.17, 15) is 12.8 Å². The van der Waals surface area contributed by atoms with Crippen LogP contribution in [0.1, 0.15) is 25.3 Å². The van der Waals surface area contributed by atoms with E-state index in [1.807, 2.05) is 6.92 Å².